The lowest BCUT2D eigenvalue weighted by molar-refractivity contribution is 0.0988. The van der Waals surface area contributed by atoms with Gasteiger partial charge in [0.1, 0.15) is 0 Å². The van der Waals surface area contributed by atoms with Crippen molar-refractivity contribution < 1.29 is 4.79 Å². The molecule has 1 rings (SSSR count). The molecule has 15 heavy (non-hydrogen) atoms. The van der Waals surface area contributed by atoms with E-state index in [1.165, 1.54) is 0 Å². The molecule has 0 spiro atoms. The monoisotopic (exact) mass is 222 g/mol. The van der Waals surface area contributed by atoms with Gasteiger partial charge in [0.15, 0.2) is 10.9 Å². The van der Waals surface area contributed by atoms with Crippen LogP contribution in [0.4, 0.5) is 5.69 Å². The highest BCUT2D eigenvalue weighted by atomic mass is 32.1. The number of hydrogen-bond donors (Lipinski definition) is 2. The zero-order valence-corrected chi connectivity index (χ0v) is 9.65. The minimum Gasteiger partial charge on any atom is -0.366 e. The number of thiocarbonyl (C=S) groups is 1. The van der Waals surface area contributed by atoms with Gasteiger partial charge >= 0.3 is 0 Å². The van der Waals surface area contributed by atoms with Gasteiger partial charge < -0.3 is 10.6 Å². The Balaban J connectivity index is 2.72. The predicted molar refractivity (Wildman–Crippen MR) is 66.3 cm³/mol. The molecular formula is C11H14N2OS. The minimum absolute atomic E-state index is 0.151. The van der Waals surface area contributed by atoms with Crippen LogP contribution in [0.5, 0.6) is 0 Å². The van der Waals surface area contributed by atoms with E-state index in [0.717, 1.165) is 11.3 Å². The molecule has 0 aliphatic rings. The molecule has 4 heteroatoms. The second-order valence-electron chi connectivity index (χ2n) is 3.06. The molecule has 1 aromatic rings. The lowest BCUT2D eigenvalue weighted by atomic mass is 10.1. The lowest BCUT2D eigenvalue weighted by Gasteiger charge is -2.07. The largest absolute Gasteiger partial charge is 0.366 e. The quantitative estimate of drug-likeness (QED) is 0.607. The Morgan fingerprint density at radius 2 is 1.93 bits per heavy atom. The Morgan fingerprint density at radius 1 is 1.33 bits per heavy atom. The zero-order valence-electron chi connectivity index (χ0n) is 8.83. The number of rotatable bonds is 3. The third-order valence-electron chi connectivity index (χ3n) is 2.01. The molecule has 3 nitrogen and oxygen atoms in total. The summed E-state index contributed by atoms with van der Waals surface area (Å²) in [6.45, 7) is 1.85. The first-order valence-electron chi connectivity index (χ1n) is 4.79. The second-order valence-corrected chi connectivity index (χ2v) is 3.47. The summed E-state index contributed by atoms with van der Waals surface area (Å²) in [6.07, 6.45) is 0.529. The summed E-state index contributed by atoms with van der Waals surface area (Å²) in [5.41, 5.74) is 1.61. The van der Waals surface area contributed by atoms with Crippen LogP contribution < -0.4 is 10.6 Å². The molecule has 80 valence electrons. The van der Waals surface area contributed by atoms with E-state index in [0.29, 0.717) is 11.5 Å². The highest BCUT2D eigenvalue weighted by molar-refractivity contribution is 7.80. The summed E-state index contributed by atoms with van der Waals surface area (Å²) in [5, 5.41) is 6.36. The Kier molecular flexibility index (Phi) is 4.24. The van der Waals surface area contributed by atoms with Crippen molar-refractivity contribution in [3.63, 3.8) is 0 Å². The standard InChI is InChI=1S/C11H14N2OS/c1-3-10(14)8-4-6-9(7-5-8)13-11(15)12-2/h4-7H,3H2,1-2H3,(H2,12,13,15). The normalized spacial score (nSPS) is 9.47. The number of nitrogens with one attached hydrogen (secondary N) is 2. The summed E-state index contributed by atoms with van der Waals surface area (Å²) >= 11 is 4.96. The summed E-state index contributed by atoms with van der Waals surface area (Å²) in [4.78, 5) is 11.3. The van der Waals surface area contributed by atoms with E-state index < -0.39 is 0 Å². The summed E-state index contributed by atoms with van der Waals surface area (Å²) in [6, 6.07) is 7.28. The van der Waals surface area contributed by atoms with Crippen molar-refractivity contribution in [2.45, 2.75) is 13.3 Å². The van der Waals surface area contributed by atoms with E-state index in [2.05, 4.69) is 10.6 Å². The average Bonchev–Trinajstić information content (AvgIpc) is 2.29. The van der Waals surface area contributed by atoms with Gasteiger partial charge in [-0.05, 0) is 36.5 Å². The number of hydrogen-bond acceptors (Lipinski definition) is 2. The Morgan fingerprint density at radius 3 is 2.40 bits per heavy atom. The first-order valence-corrected chi connectivity index (χ1v) is 5.20. The van der Waals surface area contributed by atoms with Crippen molar-refractivity contribution in [2.75, 3.05) is 12.4 Å². The molecule has 0 bridgehead atoms. The SMILES string of the molecule is CCC(=O)c1ccc(NC(=S)NC)cc1. The van der Waals surface area contributed by atoms with Gasteiger partial charge in [0, 0.05) is 24.7 Å². The Hall–Kier alpha value is -1.42. The number of anilines is 1. The molecule has 0 amide bonds. The second kappa shape index (κ2) is 5.46. The minimum atomic E-state index is 0.151. The van der Waals surface area contributed by atoms with Gasteiger partial charge in [0.25, 0.3) is 0 Å². The fourth-order valence-corrected chi connectivity index (χ4v) is 1.26. The molecule has 1 aromatic carbocycles. The van der Waals surface area contributed by atoms with E-state index >= 15 is 0 Å². The van der Waals surface area contributed by atoms with E-state index in [4.69, 9.17) is 12.2 Å². The maximum Gasteiger partial charge on any atom is 0.170 e. The van der Waals surface area contributed by atoms with Gasteiger partial charge in [0.2, 0.25) is 0 Å². The highest BCUT2D eigenvalue weighted by Crippen LogP contribution is 2.10. The maximum atomic E-state index is 11.3. The van der Waals surface area contributed by atoms with Crippen LogP contribution in [0.25, 0.3) is 0 Å². The summed E-state index contributed by atoms with van der Waals surface area (Å²) in [7, 11) is 1.75. The third kappa shape index (κ3) is 3.32. The predicted octanol–water partition coefficient (Wildman–Crippen LogP) is 2.20. The number of ketones is 1. The molecule has 0 atom stereocenters. The van der Waals surface area contributed by atoms with Crippen molar-refractivity contribution in [1.82, 2.24) is 5.32 Å². The van der Waals surface area contributed by atoms with Crippen LogP contribution in [0.15, 0.2) is 24.3 Å². The lowest BCUT2D eigenvalue weighted by Crippen LogP contribution is -2.24. The van der Waals surface area contributed by atoms with Crippen molar-refractivity contribution >= 4 is 28.8 Å². The molecule has 0 aliphatic carbocycles. The average molecular weight is 222 g/mol. The maximum absolute atomic E-state index is 11.3. The molecule has 0 unspecified atom stereocenters. The number of Topliss-reactive ketones (excluding diaryl/α,β-unsaturated/α-hetero) is 1. The van der Waals surface area contributed by atoms with Crippen molar-refractivity contribution in [3.05, 3.63) is 29.8 Å². The fraction of sp³-hybridized carbons (Fsp3) is 0.273. The molecular weight excluding hydrogens is 208 g/mol. The van der Waals surface area contributed by atoms with E-state index in [1.54, 1.807) is 19.2 Å². The van der Waals surface area contributed by atoms with Crippen molar-refractivity contribution in [2.24, 2.45) is 0 Å². The van der Waals surface area contributed by atoms with Gasteiger partial charge in [0.05, 0.1) is 0 Å². The Bertz CT molecular complexity index is 359. The van der Waals surface area contributed by atoms with E-state index in [9.17, 15) is 4.79 Å². The van der Waals surface area contributed by atoms with Gasteiger partial charge in [-0.2, -0.15) is 0 Å². The zero-order chi connectivity index (χ0) is 11.3. The molecule has 2 N–H and O–H groups in total. The number of carbonyl (C=O) groups is 1. The Labute approximate surface area is 94.9 Å². The first kappa shape index (κ1) is 11.7. The fourth-order valence-electron chi connectivity index (χ4n) is 1.14. The molecule has 0 radical (unpaired) electrons. The summed E-state index contributed by atoms with van der Waals surface area (Å²) < 4.78 is 0. The molecule has 0 saturated heterocycles. The molecule has 0 saturated carbocycles. The van der Waals surface area contributed by atoms with Crippen LogP contribution in [-0.2, 0) is 0 Å². The smallest absolute Gasteiger partial charge is 0.170 e. The summed E-state index contributed by atoms with van der Waals surface area (Å²) in [5.74, 6) is 0.151. The van der Waals surface area contributed by atoms with Crippen LogP contribution in [0.1, 0.15) is 23.7 Å². The third-order valence-corrected chi connectivity index (χ3v) is 2.32. The number of benzene rings is 1. The molecule has 0 heterocycles. The van der Waals surface area contributed by atoms with Crippen LogP contribution >= 0.6 is 12.2 Å². The van der Waals surface area contributed by atoms with Crippen LogP contribution in [-0.4, -0.2) is 17.9 Å². The van der Waals surface area contributed by atoms with Crippen LogP contribution in [0.3, 0.4) is 0 Å². The first-order chi connectivity index (χ1) is 7.17. The highest BCUT2D eigenvalue weighted by Gasteiger charge is 2.02. The van der Waals surface area contributed by atoms with Gasteiger partial charge in [-0.1, -0.05) is 6.92 Å². The molecule has 0 aliphatic heterocycles. The van der Waals surface area contributed by atoms with Crippen LogP contribution in [0, 0.1) is 0 Å². The topological polar surface area (TPSA) is 41.1 Å². The van der Waals surface area contributed by atoms with Crippen LogP contribution in [0.2, 0.25) is 0 Å². The van der Waals surface area contributed by atoms with Gasteiger partial charge in [-0.3, -0.25) is 4.79 Å². The number of carbonyl (C=O) groups excluding carboxylic acids is 1. The molecule has 0 fully saturated rings. The van der Waals surface area contributed by atoms with Gasteiger partial charge in [-0.15, -0.1) is 0 Å². The van der Waals surface area contributed by atoms with Crippen molar-refractivity contribution in [1.29, 1.82) is 0 Å². The van der Waals surface area contributed by atoms with Gasteiger partial charge in [-0.25, -0.2) is 0 Å². The van der Waals surface area contributed by atoms with E-state index in [-0.39, 0.29) is 5.78 Å². The van der Waals surface area contributed by atoms with E-state index in [1.807, 2.05) is 19.1 Å². The molecule has 0 aromatic heterocycles. The van der Waals surface area contributed by atoms with Crippen molar-refractivity contribution in [3.8, 4) is 0 Å².